The molecule has 0 spiro atoms. The van der Waals surface area contributed by atoms with Crippen molar-refractivity contribution < 1.29 is 28.8 Å². The molecule has 2 saturated carbocycles. The molecule has 51 heavy (non-hydrogen) atoms. The van der Waals surface area contributed by atoms with Gasteiger partial charge >= 0.3 is 5.97 Å². The fraction of sp³-hybridized carbons (Fsp3) is 0.561. The number of para-hydroxylation sites is 1. The van der Waals surface area contributed by atoms with Crippen molar-refractivity contribution in [3.05, 3.63) is 71.4 Å². The van der Waals surface area contributed by atoms with Gasteiger partial charge in [0.1, 0.15) is 12.1 Å². The summed E-state index contributed by atoms with van der Waals surface area (Å²) < 4.78 is 5.86. The Morgan fingerprint density at radius 3 is 2.25 bits per heavy atom. The zero-order chi connectivity index (χ0) is 35.4. The van der Waals surface area contributed by atoms with Gasteiger partial charge in [0.15, 0.2) is 6.04 Å². The smallest absolute Gasteiger partial charge is 0.333 e. The predicted octanol–water partition coefficient (Wildman–Crippen LogP) is 7.12. The molecule has 10 nitrogen and oxygen atoms in total. The molecular weight excluding hydrogens is 644 g/mol. The van der Waals surface area contributed by atoms with Crippen LogP contribution < -0.4 is 10.8 Å². The average Bonchev–Trinajstić information content (AvgIpc) is 3.71. The number of benzene rings is 2. The Balaban J connectivity index is 1.04. The number of amides is 3. The van der Waals surface area contributed by atoms with E-state index in [0.29, 0.717) is 50.3 Å². The van der Waals surface area contributed by atoms with Crippen molar-refractivity contribution in [3.8, 4) is 0 Å². The molecule has 0 unspecified atom stereocenters. The molecule has 2 fully saturated rings. The van der Waals surface area contributed by atoms with E-state index < -0.39 is 18.1 Å². The molecule has 2 atom stereocenters. The number of ether oxygens (including phenoxy) is 1. The number of esters is 1. The third-order valence-corrected chi connectivity index (χ3v) is 10.9. The highest BCUT2D eigenvalue weighted by Gasteiger charge is 2.38. The second kappa shape index (κ2) is 18.4. The van der Waals surface area contributed by atoms with Crippen LogP contribution in [-0.2, 0) is 41.7 Å². The van der Waals surface area contributed by atoms with Crippen molar-refractivity contribution in [1.82, 2.24) is 20.7 Å². The molecule has 6 rings (SSSR count). The molecule has 2 aromatic carbocycles. The van der Waals surface area contributed by atoms with E-state index in [9.17, 15) is 19.2 Å². The first-order valence-electron chi connectivity index (χ1n) is 19.3. The minimum absolute atomic E-state index is 0.0967. The van der Waals surface area contributed by atoms with E-state index in [-0.39, 0.29) is 23.8 Å². The van der Waals surface area contributed by atoms with Gasteiger partial charge in [-0.25, -0.2) is 10.3 Å². The number of nitrogens with one attached hydrogen (secondary N) is 3. The SMILES string of the molecule is O=C(CCCCCCC(=O)N1Cc2c([nH]c3ccccc23)C[C@@H]1C(=O)N[C@H](C(=O)OC1CCCC1)c1ccccc1)NOCC1CCCCCC1. The third kappa shape index (κ3) is 10.00. The standard InChI is InChI=1S/C41H54N4O6/c46-37(44-50-28-29-16-6-1-2-7-17-29)24-10-3-4-11-25-38(47)45-27-33-32-22-14-15-23-34(32)42-35(33)26-36(45)40(48)43-39(30-18-8-5-9-19-30)41(49)51-31-20-12-13-21-31/h5,8-9,14-15,18-19,22-23,29,31,36,39,42H,1-4,6-7,10-13,16-17,20-21,24-28H2,(H,43,48)(H,44,46)/t36-,39+/m1/s1. The summed E-state index contributed by atoms with van der Waals surface area (Å²) in [6.45, 7) is 0.890. The molecule has 3 amide bonds. The monoisotopic (exact) mass is 698 g/mol. The number of hydrogen-bond acceptors (Lipinski definition) is 6. The molecule has 1 aromatic heterocycles. The van der Waals surface area contributed by atoms with Gasteiger partial charge in [0, 0.05) is 48.0 Å². The summed E-state index contributed by atoms with van der Waals surface area (Å²) in [6.07, 6.45) is 15.0. The van der Waals surface area contributed by atoms with Gasteiger partial charge in [0.25, 0.3) is 0 Å². The molecule has 0 bridgehead atoms. The molecule has 2 heterocycles. The minimum atomic E-state index is -0.972. The van der Waals surface area contributed by atoms with Gasteiger partial charge in [-0.15, -0.1) is 0 Å². The Hall–Kier alpha value is -4.18. The molecule has 3 aliphatic rings. The zero-order valence-electron chi connectivity index (χ0n) is 29.8. The number of carbonyl (C=O) groups is 4. The van der Waals surface area contributed by atoms with Gasteiger partial charge in [0.05, 0.1) is 6.61 Å². The van der Waals surface area contributed by atoms with E-state index in [2.05, 4.69) is 15.8 Å². The normalized spacial score (nSPS) is 18.9. The first kappa shape index (κ1) is 36.6. The number of nitrogens with zero attached hydrogens (tertiary/aromatic N) is 1. The van der Waals surface area contributed by atoms with Gasteiger partial charge in [-0.05, 0) is 68.9 Å². The highest BCUT2D eigenvalue weighted by atomic mass is 16.7. The Bertz CT molecular complexity index is 1610. The first-order chi connectivity index (χ1) is 25.0. The van der Waals surface area contributed by atoms with Crippen LogP contribution in [0.15, 0.2) is 54.6 Å². The number of fused-ring (bicyclic) bond motifs is 3. The maximum atomic E-state index is 14.1. The second-order valence-corrected chi connectivity index (χ2v) is 14.7. The minimum Gasteiger partial charge on any atom is -0.461 e. The van der Waals surface area contributed by atoms with Crippen LogP contribution in [0.5, 0.6) is 0 Å². The summed E-state index contributed by atoms with van der Waals surface area (Å²) in [4.78, 5) is 64.5. The molecule has 1 aliphatic heterocycles. The number of hydroxylamine groups is 1. The third-order valence-electron chi connectivity index (χ3n) is 10.9. The summed E-state index contributed by atoms with van der Waals surface area (Å²) in [5.74, 6) is -0.516. The number of rotatable bonds is 15. The van der Waals surface area contributed by atoms with Gasteiger partial charge in [0.2, 0.25) is 17.7 Å². The molecule has 0 radical (unpaired) electrons. The lowest BCUT2D eigenvalue weighted by Crippen LogP contribution is -2.53. The van der Waals surface area contributed by atoms with Crippen LogP contribution in [0.4, 0.5) is 0 Å². The molecule has 3 N–H and O–H groups in total. The van der Waals surface area contributed by atoms with E-state index in [1.807, 2.05) is 54.6 Å². The van der Waals surface area contributed by atoms with Gasteiger partial charge < -0.3 is 19.9 Å². The summed E-state index contributed by atoms with van der Waals surface area (Å²) in [6, 6.07) is 15.4. The van der Waals surface area contributed by atoms with Crippen LogP contribution in [0.3, 0.4) is 0 Å². The van der Waals surface area contributed by atoms with Crippen molar-refractivity contribution >= 4 is 34.6 Å². The summed E-state index contributed by atoms with van der Waals surface area (Å²) in [5.41, 5.74) is 6.19. The van der Waals surface area contributed by atoms with E-state index in [4.69, 9.17) is 9.57 Å². The molecule has 2 aliphatic carbocycles. The summed E-state index contributed by atoms with van der Waals surface area (Å²) >= 11 is 0. The fourth-order valence-electron chi connectivity index (χ4n) is 7.97. The Labute approximate surface area is 301 Å². The number of H-pyrrole nitrogens is 1. The van der Waals surface area contributed by atoms with Crippen LogP contribution >= 0.6 is 0 Å². The topological polar surface area (TPSA) is 130 Å². The Kier molecular flexibility index (Phi) is 13.2. The first-order valence-corrected chi connectivity index (χ1v) is 19.3. The van der Waals surface area contributed by atoms with Crippen molar-refractivity contribution in [2.75, 3.05) is 6.61 Å². The van der Waals surface area contributed by atoms with Crippen LogP contribution in [0.25, 0.3) is 10.9 Å². The van der Waals surface area contributed by atoms with E-state index >= 15 is 0 Å². The highest BCUT2D eigenvalue weighted by Crippen LogP contribution is 2.32. The van der Waals surface area contributed by atoms with Crippen molar-refractivity contribution in [3.63, 3.8) is 0 Å². The fourth-order valence-corrected chi connectivity index (χ4v) is 7.97. The number of hydrogen-bond donors (Lipinski definition) is 3. The lowest BCUT2D eigenvalue weighted by molar-refractivity contribution is -0.154. The quantitative estimate of drug-likeness (QED) is 0.0671. The zero-order valence-corrected chi connectivity index (χ0v) is 29.8. The van der Waals surface area contributed by atoms with Gasteiger partial charge in [-0.1, -0.05) is 87.1 Å². The number of unbranched alkanes of at least 4 members (excludes halogenated alkanes) is 3. The van der Waals surface area contributed by atoms with E-state index in [1.165, 1.54) is 38.5 Å². The Morgan fingerprint density at radius 1 is 0.804 bits per heavy atom. The highest BCUT2D eigenvalue weighted by molar-refractivity contribution is 5.93. The van der Waals surface area contributed by atoms with Gasteiger partial charge in [-0.3, -0.25) is 19.2 Å². The maximum absolute atomic E-state index is 14.1. The van der Waals surface area contributed by atoms with Crippen molar-refractivity contribution in [2.45, 2.75) is 134 Å². The lowest BCUT2D eigenvalue weighted by Gasteiger charge is -2.36. The van der Waals surface area contributed by atoms with Crippen molar-refractivity contribution in [2.24, 2.45) is 5.92 Å². The largest absolute Gasteiger partial charge is 0.461 e. The van der Waals surface area contributed by atoms with Crippen molar-refractivity contribution in [1.29, 1.82) is 0 Å². The maximum Gasteiger partial charge on any atom is 0.333 e. The molecule has 10 heteroatoms. The molecule has 0 saturated heterocycles. The molecule has 274 valence electrons. The number of carbonyl (C=O) groups excluding carboxylic acids is 4. The van der Waals surface area contributed by atoms with E-state index in [0.717, 1.165) is 67.1 Å². The molecule has 3 aromatic rings. The van der Waals surface area contributed by atoms with Crippen LogP contribution in [-0.4, -0.2) is 52.3 Å². The lowest BCUT2D eigenvalue weighted by atomic mass is 9.96. The summed E-state index contributed by atoms with van der Waals surface area (Å²) in [5, 5.41) is 4.03. The molecular formula is C41H54N4O6. The number of aromatic nitrogens is 1. The number of aromatic amines is 1. The van der Waals surface area contributed by atoms with Crippen LogP contribution in [0.2, 0.25) is 0 Å². The summed E-state index contributed by atoms with van der Waals surface area (Å²) in [7, 11) is 0. The second-order valence-electron chi connectivity index (χ2n) is 14.7. The predicted molar refractivity (Wildman–Crippen MR) is 195 cm³/mol. The van der Waals surface area contributed by atoms with Crippen LogP contribution in [0.1, 0.15) is 126 Å². The Morgan fingerprint density at radius 2 is 1.49 bits per heavy atom. The van der Waals surface area contributed by atoms with Gasteiger partial charge in [-0.2, -0.15) is 0 Å². The van der Waals surface area contributed by atoms with E-state index in [1.54, 1.807) is 4.90 Å². The van der Waals surface area contributed by atoms with Crippen LogP contribution in [0, 0.1) is 5.92 Å². The average molecular weight is 699 g/mol.